The summed E-state index contributed by atoms with van der Waals surface area (Å²) < 4.78 is 26.9. The minimum absolute atomic E-state index is 0.104. The van der Waals surface area contributed by atoms with Crippen LogP contribution in [-0.2, 0) is 12.8 Å². The maximum absolute atomic E-state index is 13.7. The van der Waals surface area contributed by atoms with Crippen LogP contribution in [0.2, 0.25) is 0 Å². The third kappa shape index (κ3) is 3.64. The summed E-state index contributed by atoms with van der Waals surface area (Å²) in [6.07, 6.45) is 1.23. The smallest absolute Gasteiger partial charge is 0.126 e. The zero-order chi connectivity index (χ0) is 14.5. The Balaban J connectivity index is 2.13. The van der Waals surface area contributed by atoms with Gasteiger partial charge in [-0.15, -0.1) is 0 Å². The van der Waals surface area contributed by atoms with Gasteiger partial charge < -0.3 is 5.73 Å². The number of rotatable bonds is 5. The second kappa shape index (κ2) is 6.62. The van der Waals surface area contributed by atoms with E-state index >= 15 is 0 Å². The van der Waals surface area contributed by atoms with Gasteiger partial charge in [-0.05, 0) is 67.1 Å². The Morgan fingerprint density at radius 3 is 2.40 bits per heavy atom. The molecule has 2 rings (SSSR count). The summed E-state index contributed by atoms with van der Waals surface area (Å²) in [5.41, 5.74) is 8.60. The van der Waals surface area contributed by atoms with Crippen molar-refractivity contribution in [2.24, 2.45) is 11.7 Å². The van der Waals surface area contributed by atoms with E-state index in [1.54, 1.807) is 0 Å². The fourth-order valence-electron chi connectivity index (χ4n) is 2.40. The average Bonchev–Trinajstić information content (AvgIpc) is 2.44. The number of halogens is 2. The molecule has 106 valence electrons. The Kier molecular flexibility index (Phi) is 4.85. The van der Waals surface area contributed by atoms with Crippen LogP contribution in [0.25, 0.3) is 0 Å². The summed E-state index contributed by atoms with van der Waals surface area (Å²) >= 11 is 0. The minimum atomic E-state index is -0.409. The van der Waals surface area contributed by atoms with E-state index in [2.05, 4.69) is 6.07 Å². The van der Waals surface area contributed by atoms with E-state index in [9.17, 15) is 8.78 Å². The van der Waals surface area contributed by atoms with Crippen LogP contribution in [0.3, 0.4) is 0 Å². The van der Waals surface area contributed by atoms with Crippen LogP contribution in [0.15, 0.2) is 42.5 Å². The summed E-state index contributed by atoms with van der Waals surface area (Å²) in [6, 6.07) is 11.6. The molecule has 1 nitrogen and oxygen atoms in total. The Morgan fingerprint density at radius 1 is 1.00 bits per heavy atom. The predicted molar refractivity (Wildman–Crippen MR) is 77.5 cm³/mol. The summed E-state index contributed by atoms with van der Waals surface area (Å²) in [4.78, 5) is 0. The van der Waals surface area contributed by atoms with Crippen LogP contribution in [0, 0.1) is 24.5 Å². The molecule has 0 amide bonds. The number of benzene rings is 2. The van der Waals surface area contributed by atoms with Crippen LogP contribution < -0.4 is 5.73 Å². The summed E-state index contributed by atoms with van der Waals surface area (Å²) in [5, 5.41) is 0. The lowest BCUT2D eigenvalue weighted by Crippen LogP contribution is -2.20. The first-order valence-corrected chi connectivity index (χ1v) is 6.78. The lowest BCUT2D eigenvalue weighted by atomic mass is 9.90. The molecule has 2 N–H and O–H groups in total. The highest BCUT2D eigenvalue weighted by Crippen LogP contribution is 2.19. The molecule has 20 heavy (non-hydrogen) atoms. The third-order valence-electron chi connectivity index (χ3n) is 3.62. The van der Waals surface area contributed by atoms with Gasteiger partial charge in [0.15, 0.2) is 0 Å². The maximum atomic E-state index is 13.7. The van der Waals surface area contributed by atoms with Crippen LogP contribution in [0.1, 0.15) is 16.7 Å². The molecular weight excluding hydrogens is 256 g/mol. The van der Waals surface area contributed by atoms with Crippen molar-refractivity contribution in [1.29, 1.82) is 0 Å². The van der Waals surface area contributed by atoms with Crippen LogP contribution >= 0.6 is 0 Å². The number of aryl methyl sites for hydroxylation is 1. The monoisotopic (exact) mass is 275 g/mol. The highest BCUT2D eigenvalue weighted by Gasteiger charge is 2.13. The maximum Gasteiger partial charge on any atom is 0.126 e. The van der Waals surface area contributed by atoms with Crippen LogP contribution in [-0.4, -0.2) is 6.54 Å². The van der Waals surface area contributed by atoms with Gasteiger partial charge in [0.2, 0.25) is 0 Å². The van der Waals surface area contributed by atoms with E-state index < -0.39 is 5.82 Å². The molecule has 0 aromatic heterocycles. The molecular formula is C17H19F2N. The van der Waals surface area contributed by atoms with E-state index in [4.69, 9.17) is 5.73 Å². The predicted octanol–water partition coefficient (Wildman–Crippen LogP) is 3.63. The standard InChI is InChI=1S/C17H19F2N/c1-12-4-2-3-5-14(12)8-13(11-20)9-15-10-16(18)6-7-17(15)19/h2-7,10,13H,8-9,11,20H2,1H3. The van der Waals surface area contributed by atoms with Crippen molar-refractivity contribution >= 4 is 0 Å². The van der Waals surface area contributed by atoms with Gasteiger partial charge in [0.25, 0.3) is 0 Å². The first-order valence-electron chi connectivity index (χ1n) is 6.78. The van der Waals surface area contributed by atoms with Gasteiger partial charge in [-0.25, -0.2) is 8.78 Å². The Bertz CT molecular complexity index is 581. The summed E-state index contributed by atoms with van der Waals surface area (Å²) in [7, 11) is 0. The summed E-state index contributed by atoms with van der Waals surface area (Å²) in [5.74, 6) is -0.671. The van der Waals surface area contributed by atoms with Gasteiger partial charge in [0, 0.05) is 0 Å². The van der Waals surface area contributed by atoms with Gasteiger partial charge >= 0.3 is 0 Å². The third-order valence-corrected chi connectivity index (χ3v) is 3.62. The molecule has 0 saturated carbocycles. The van der Waals surface area contributed by atoms with Gasteiger partial charge in [-0.1, -0.05) is 24.3 Å². The Morgan fingerprint density at radius 2 is 1.70 bits per heavy atom. The molecule has 3 heteroatoms. The molecule has 0 bridgehead atoms. The molecule has 0 aliphatic rings. The highest BCUT2D eigenvalue weighted by atomic mass is 19.1. The molecule has 2 aromatic rings. The molecule has 0 heterocycles. The second-order valence-corrected chi connectivity index (χ2v) is 5.17. The first kappa shape index (κ1) is 14.7. The zero-order valence-corrected chi connectivity index (χ0v) is 11.6. The molecule has 0 saturated heterocycles. The lowest BCUT2D eigenvalue weighted by molar-refractivity contribution is 0.506. The van der Waals surface area contributed by atoms with Crippen molar-refractivity contribution in [3.63, 3.8) is 0 Å². The van der Waals surface area contributed by atoms with E-state index in [-0.39, 0.29) is 11.7 Å². The van der Waals surface area contributed by atoms with E-state index in [1.807, 2.05) is 25.1 Å². The van der Waals surface area contributed by atoms with Crippen LogP contribution in [0.5, 0.6) is 0 Å². The topological polar surface area (TPSA) is 26.0 Å². The molecule has 1 atom stereocenters. The lowest BCUT2D eigenvalue weighted by Gasteiger charge is -2.16. The Labute approximate surface area is 118 Å². The van der Waals surface area contributed by atoms with Gasteiger partial charge in [0.1, 0.15) is 11.6 Å². The van der Waals surface area contributed by atoms with Crippen molar-refractivity contribution in [2.45, 2.75) is 19.8 Å². The normalized spacial score (nSPS) is 12.4. The quantitative estimate of drug-likeness (QED) is 0.886. The molecule has 0 fully saturated rings. The fraction of sp³-hybridized carbons (Fsp3) is 0.294. The molecule has 1 unspecified atom stereocenters. The number of nitrogens with two attached hydrogens (primary N) is 1. The number of hydrogen-bond acceptors (Lipinski definition) is 1. The zero-order valence-electron chi connectivity index (χ0n) is 11.6. The molecule has 0 aliphatic heterocycles. The van der Waals surface area contributed by atoms with E-state index in [1.165, 1.54) is 23.3 Å². The highest BCUT2D eigenvalue weighted by molar-refractivity contribution is 5.27. The second-order valence-electron chi connectivity index (χ2n) is 5.17. The fourth-order valence-corrected chi connectivity index (χ4v) is 2.40. The molecule has 0 radical (unpaired) electrons. The number of hydrogen-bond donors (Lipinski definition) is 1. The van der Waals surface area contributed by atoms with Crippen molar-refractivity contribution in [1.82, 2.24) is 0 Å². The van der Waals surface area contributed by atoms with Gasteiger partial charge in [-0.2, -0.15) is 0 Å². The van der Waals surface area contributed by atoms with E-state index in [0.717, 1.165) is 12.5 Å². The van der Waals surface area contributed by atoms with Crippen molar-refractivity contribution in [3.8, 4) is 0 Å². The van der Waals surface area contributed by atoms with Gasteiger partial charge in [0.05, 0.1) is 0 Å². The molecule has 0 spiro atoms. The Hall–Kier alpha value is -1.74. The summed E-state index contributed by atoms with van der Waals surface area (Å²) in [6.45, 7) is 2.50. The SMILES string of the molecule is Cc1ccccc1CC(CN)Cc1cc(F)ccc1F. The van der Waals surface area contributed by atoms with Crippen molar-refractivity contribution in [3.05, 3.63) is 70.8 Å². The van der Waals surface area contributed by atoms with Crippen molar-refractivity contribution in [2.75, 3.05) is 6.54 Å². The van der Waals surface area contributed by atoms with Crippen LogP contribution in [0.4, 0.5) is 8.78 Å². The minimum Gasteiger partial charge on any atom is -0.330 e. The first-order chi connectivity index (χ1) is 9.60. The average molecular weight is 275 g/mol. The van der Waals surface area contributed by atoms with Gasteiger partial charge in [-0.3, -0.25) is 0 Å². The van der Waals surface area contributed by atoms with Crippen molar-refractivity contribution < 1.29 is 8.78 Å². The molecule has 2 aromatic carbocycles. The van der Waals surface area contributed by atoms with E-state index in [0.29, 0.717) is 18.5 Å². The molecule has 0 aliphatic carbocycles. The largest absolute Gasteiger partial charge is 0.330 e.